The van der Waals surface area contributed by atoms with Gasteiger partial charge in [0, 0.05) is 42.9 Å². The molecule has 1 aromatic rings. The first kappa shape index (κ1) is 23.9. The van der Waals surface area contributed by atoms with Crippen molar-refractivity contribution in [1.29, 1.82) is 0 Å². The van der Waals surface area contributed by atoms with Crippen LogP contribution in [0.3, 0.4) is 0 Å². The number of nitrogens with two attached hydrogens (primary N) is 1. The average molecular weight is 435 g/mol. The predicted molar refractivity (Wildman–Crippen MR) is 120 cm³/mol. The number of halogens is 1. The summed E-state index contributed by atoms with van der Waals surface area (Å²) < 4.78 is 0. The van der Waals surface area contributed by atoms with Gasteiger partial charge in [0.05, 0.1) is 0 Å². The van der Waals surface area contributed by atoms with Crippen molar-refractivity contribution in [1.82, 2.24) is 10.2 Å². The van der Waals surface area contributed by atoms with Gasteiger partial charge in [0.25, 0.3) is 5.91 Å². The summed E-state index contributed by atoms with van der Waals surface area (Å²) in [6.07, 6.45) is 7.69. The number of nitrogens with one attached hydrogen (secondary N) is 1. The summed E-state index contributed by atoms with van der Waals surface area (Å²) in [5, 5.41) is 2.36. The average Bonchev–Trinajstić information content (AvgIpc) is 3.04. The Morgan fingerprint density at radius 2 is 2.03 bits per heavy atom. The molecule has 0 aliphatic carbocycles. The summed E-state index contributed by atoms with van der Waals surface area (Å²) >= 11 is 0. The Balaban J connectivity index is 0.00000320. The Bertz CT molecular complexity index is 812. The number of carbonyl (C=O) groups is 3. The molecule has 8 heteroatoms. The van der Waals surface area contributed by atoms with E-state index in [1.807, 2.05) is 25.1 Å². The van der Waals surface area contributed by atoms with Crippen LogP contribution in [0.2, 0.25) is 0 Å². The molecule has 2 aliphatic rings. The molecule has 2 heterocycles. The van der Waals surface area contributed by atoms with E-state index >= 15 is 0 Å². The Hall–Kier alpha value is -2.38. The lowest BCUT2D eigenvalue weighted by Crippen LogP contribution is -2.52. The third kappa shape index (κ3) is 5.21. The normalized spacial score (nSPS) is 18.4. The highest BCUT2D eigenvalue weighted by Gasteiger charge is 2.40. The van der Waals surface area contributed by atoms with E-state index in [1.165, 1.54) is 0 Å². The van der Waals surface area contributed by atoms with Crippen molar-refractivity contribution in [3.63, 3.8) is 0 Å². The maximum Gasteiger partial charge on any atom is 0.255 e. The molecule has 0 bridgehead atoms. The number of rotatable bonds is 9. The van der Waals surface area contributed by atoms with E-state index in [0.29, 0.717) is 25.1 Å². The van der Waals surface area contributed by atoms with Gasteiger partial charge in [-0.3, -0.25) is 19.7 Å². The highest BCUT2D eigenvalue weighted by Crippen LogP contribution is 2.34. The largest absolute Gasteiger partial charge is 0.371 e. The topological polar surface area (TPSA) is 95.7 Å². The van der Waals surface area contributed by atoms with Gasteiger partial charge in [-0.1, -0.05) is 18.2 Å². The molecule has 3 amide bonds. The lowest BCUT2D eigenvalue weighted by molar-refractivity contribution is -0.136. The van der Waals surface area contributed by atoms with Crippen molar-refractivity contribution in [2.75, 3.05) is 24.5 Å². The van der Waals surface area contributed by atoms with Gasteiger partial charge in [0.15, 0.2) is 0 Å². The van der Waals surface area contributed by atoms with Crippen LogP contribution in [-0.4, -0.2) is 48.3 Å². The van der Waals surface area contributed by atoms with Crippen molar-refractivity contribution in [2.24, 2.45) is 5.73 Å². The number of benzene rings is 1. The van der Waals surface area contributed by atoms with Gasteiger partial charge in [-0.05, 0) is 51.3 Å². The highest BCUT2D eigenvalue weighted by molar-refractivity contribution is 6.06. The van der Waals surface area contributed by atoms with E-state index in [2.05, 4.69) is 22.4 Å². The van der Waals surface area contributed by atoms with Crippen LogP contribution in [0.4, 0.5) is 5.69 Å². The van der Waals surface area contributed by atoms with Crippen LogP contribution in [0.5, 0.6) is 0 Å². The number of fused-ring (bicyclic) bond motifs is 1. The molecule has 2 aliphatic heterocycles. The summed E-state index contributed by atoms with van der Waals surface area (Å²) in [5.74, 6) is -0.783. The van der Waals surface area contributed by atoms with Gasteiger partial charge < -0.3 is 15.5 Å². The Kier molecular flexibility index (Phi) is 8.87. The number of anilines is 1. The quantitative estimate of drug-likeness (QED) is 0.353. The van der Waals surface area contributed by atoms with Gasteiger partial charge in [-0.15, -0.1) is 12.4 Å². The van der Waals surface area contributed by atoms with Gasteiger partial charge in [-0.25, -0.2) is 0 Å². The number of amides is 3. The SMILES string of the molecule is C/C=C/CCN(CCCCN)c1cccc2c1CN(C1CCC(=O)NC1=O)C2=O.Cl. The zero-order valence-corrected chi connectivity index (χ0v) is 18.2. The summed E-state index contributed by atoms with van der Waals surface area (Å²) in [7, 11) is 0. The maximum absolute atomic E-state index is 13.0. The summed E-state index contributed by atoms with van der Waals surface area (Å²) in [6.45, 7) is 4.80. The fourth-order valence-corrected chi connectivity index (χ4v) is 4.06. The van der Waals surface area contributed by atoms with E-state index in [-0.39, 0.29) is 36.5 Å². The lowest BCUT2D eigenvalue weighted by Gasteiger charge is -2.30. The van der Waals surface area contributed by atoms with Crippen LogP contribution in [0.1, 0.15) is 54.9 Å². The minimum atomic E-state index is -0.589. The summed E-state index contributed by atoms with van der Waals surface area (Å²) in [4.78, 5) is 40.7. The standard InChI is InChI=1S/C22H30N4O3.ClH/c1-2-3-5-13-25(14-6-4-12-23)18-9-7-8-16-17(18)15-26(22(16)29)19-10-11-20(27)24-21(19)28;/h2-3,7-9,19H,4-6,10-15,23H2,1H3,(H,24,27,28);1H/b3-2+;. The first-order chi connectivity index (χ1) is 14.1. The molecule has 0 radical (unpaired) electrons. The number of hydrogen-bond acceptors (Lipinski definition) is 5. The summed E-state index contributed by atoms with van der Waals surface area (Å²) in [5.41, 5.74) is 8.34. The molecule has 0 saturated carbocycles. The van der Waals surface area contributed by atoms with E-state index in [9.17, 15) is 14.4 Å². The number of hydrogen-bond donors (Lipinski definition) is 2. The molecule has 1 unspecified atom stereocenters. The van der Waals surface area contributed by atoms with Gasteiger partial charge >= 0.3 is 0 Å². The third-order valence-electron chi connectivity index (χ3n) is 5.58. The smallest absolute Gasteiger partial charge is 0.255 e. The van der Waals surface area contributed by atoms with E-state index in [4.69, 9.17) is 5.73 Å². The molecule has 7 nitrogen and oxygen atoms in total. The molecule has 1 atom stereocenters. The van der Waals surface area contributed by atoms with E-state index < -0.39 is 6.04 Å². The van der Waals surface area contributed by atoms with Crippen molar-refractivity contribution in [2.45, 2.75) is 51.6 Å². The fraction of sp³-hybridized carbons (Fsp3) is 0.500. The van der Waals surface area contributed by atoms with Gasteiger partial charge in [0.2, 0.25) is 11.8 Å². The van der Waals surface area contributed by atoms with Crippen molar-refractivity contribution in [3.05, 3.63) is 41.5 Å². The second-order valence-electron chi connectivity index (χ2n) is 7.54. The van der Waals surface area contributed by atoms with Gasteiger partial charge in [0.1, 0.15) is 6.04 Å². The molecule has 0 spiro atoms. The Labute approximate surface area is 184 Å². The molecule has 1 fully saturated rings. The minimum Gasteiger partial charge on any atom is -0.371 e. The zero-order chi connectivity index (χ0) is 20.8. The van der Waals surface area contributed by atoms with Crippen LogP contribution in [0, 0.1) is 0 Å². The number of nitrogens with zero attached hydrogens (tertiary/aromatic N) is 2. The molecular formula is C22H31ClN4O3. The second kappa shape index (κ2) is 11.1. The van der Waals surface area contributed by atoms with Crippen molar-refractivity contribution >= 4 is 35.8 Å². The van der Waals surface area contributed by atoms with Crippen LogP contribution in [-0.2, 0) is 16.1 Å². The summed E-state index contributed by atoms with van der Waals surface area (Å²) in [6, 6.07) is 5.20. The van der Waals surface area contributed by atoms with Crippen LogP contribution in [0.25, 0.3) is 0 Å². The monoisotopic (exact) mass is 434 g/mol. The van der Waals surface area contributed by atoms with Crippen LogP contribution in [0.15, 0.2) is 30.4 Å². The number of piperidine rings is 1. The first-order valence-electron chi connectivity index (χ1n) is 10.4. The number of allylic oxidation sites excluding steroid dienone is 1. The molecular weight excluding hydrogens is 404 g/mol. The Morgan fingerprint density at radius 3 is 2.73 bits per heavy atom. The van der Waals surface area contributed by atoms with Crippen molar-refractivity contribution in [3.8, 4) is 0 Å². The predicted octanol–water partition coefficient (Wildman–Crippen LogP) is 2.38. The number of imide groups is 1. The van der Waals surface area contributed by atoms with E-state index in [0.717, 1.165) is 43.6 Å². The minimum absolute atomic E-state index is 0. The van der Waals surface area contributed by atoms with Gasteiger partial charge in [-0.2, -0.15) is 0 Å². The van der Waals surface area contributed by atoms with Crippen LogP contribution < -0.4 is 16.0 Å². The molecule has 30 heavy (non-hydrogen) atoms. The van der Waals surface area contributed by atoms with Crippen LogP contribution >= 0.6 is 12.4 Å². The van der Waals surface area contributed by atoms with E-state index in [1.54, 1.807) is 4.90 Å². The molecule has 3 N–H and O–H groups in total. The molecule has 164 valence electrons. The molecule has 3 rings (SSSR count). The number of unbranched alkanes of at least 4 members (excludes halogenated alkanes) is 1. The van der Waals surface area contributed by atoms with Crippen molar-refractivity contribution < 1.29 is 14.4 Å². The first-order valence-corrected chi connectivity index (χ1v) is 10.4. The number of carbonyl (C=O) groups excluding carboxylic acids is 3. The molecule has 1 aromatic carbocycles. The third-order valence-corrected chi connectivity index (χ3v) is 5.58. The second-order valence-corrected chi connectivity index (χ2v) is 7.54. The zero-order valence-electron chi connectivity index (χ0n) is 17.4. The highest BCUT2D eigenvalue weighted by atomic mass is 35.5. The molecule has 0 aromatic heterocycles. The Morgan fingerprint density at radius 1 is 1.23 bits per heavy atom. The maximum atomic E-state index is 13.0. The lowest BCUT2D eigenvalue weighted by atomic mass is 10.0. The fourth-order valence-electron chi connectivity index (χ4n) is 4.06. The molecule has 1 saturated heterocycles.